The maximum absolute atomic E-state index is 12.4. The van der Waals surface area contributed by atoms with E-state index in [1.165, 1.54) is 37.4 Å². The predicted molar refractivity (Wildman–Crippen MR) is 83.9 cm³/mol. The lowest BCUT2D eigenvalue weighted by atomic mass is 10.1. The maximum Gasteiger partial charge on any atom is 0.332 e. The van der Waals surface area contributed by atoms with Crippen LogP contribution in [0, 0.1) is 0 Å². The smallest absolute Gasteiger partial charge is 0.332 e. The highest BCUT2D eigenvalue weighted by Crippen LogP contribution is 2.10. The number of carbonyl (C=O) groups excluding carboxylic acids is 1. The largest absolute Gasteiger partial charge is 0.383 e. The van der Waals surface area contributed by atoms with Gasteiger partial charge in [-0.3, -0.25) is 28.1 Å². The van der Waals surface area contributed by atoms with Crippen molar-refractivity contribution in [3.05, 3.63) is 42.8 Å². The molecule has 0 aliphatic carbocycles. The number of fused-ring (bicyclic) bond motifs is 1. The van der Waals surface area contributed by atoms with Crippen LogP contribution in [0.3, 0.4) is 0 Å². The van der Waals surface area contributed by atoms with Gasteiger partial charge in [0.2, 0.25) is 0 Å². The molecule has 0 radical (unpaired) electrons. The number of rotatable bonds is 4. The lowest BCUT2D eigenvalue weighted by Gasteiger charge is -2.14. The van der Waals surface area contributed by atoms with Crippen molar-refractivity contribution in [2.75, 3.05) is 20.3 Å². The Bertz CT molecular complexity index is 951. The molecular weight excluding hydrogens is 304 g/mol. The molecule has 9 heteroatoms. The van der Waals surface area contributed by atoms with Gasteiger partial charge in [-0.05, 0) is 0 Å². The SMILES string of the molecule is COCCNC(=O)c1cc(=O)n(C)c2c1c(=O)n(C)c(=O)n2C. The summed E-state index contributed by atoms with van der Waals surface area (Å²) < 4.78 is 8.09. The lowest BCUT2D eigenvalue weighted by Crippen LogP contribution is -2.41. The van der Waals surface area contributed by atoms with E-state index in [9.17, 15) is 19.2 Å². The molecule has 23 heavy (non-hydrogen) atoms. The van der Waals surface area contributed by atoms with Crippen LogP contribution < -0.4 is 22.1 Å². The third kappa shape index (κ3) is 2.70. The highest BCUT2D eigenvalue weighted by Gasteiger charge is 2.20. The number of hydrogen-bond acceptors (Lipinski definition) is 5. The Morgan fingerprint density at radius 2 is 1.78 bits per heavy atom. The molecule has 0 saturated carbocycles. The van der Waals surface area contributed by atoms with E-state index < -0.39 is 22.7 Å². The minimum absolute atomic E-state index is 0.0200. The number of amides is 1. The fraction of sp³-hybridized carbons (Fsp3) is 0.429. The second kappa shape index (κ2) is 6.21. The monoisotopic (exact) mass is 322 g/mol. The van der Waals surface area contributed by atoms with E-state index in [0.717, 1.165) is 10.6 Å². The van der Waals surface area contributed by atoms with Crippen molar-refractivity contribution >= 4 is 16.9 Å². The summed E-state index contributed by atoms with van der Waals surface area (Å²) in [5.74, 6) is -0.569. The van der Waals surface area contributed by atoms with Gasteiger partial charge in [-0.2, -0.15) is 0 Å². The Balaban J connectivity index is 2.84. The Morgan fingerprint density at radius 1 is 1.13 bits per heavy atom. The summed E-state index contributed by atoms with van der Waals surface area (Å²) in [5, 5.41) is 2.59. The van der Waals surface area contributed by atoms with Gasteiger partial charge in [0, 0.05) is 40.9 Å². The molecule has 0 aliphatic rings. The fourth-order valence-electron chi connectivity index (χ4n) is 2.40. The number of nitrogens with zero attached hydrogens (tertiary/aromatic N) is 3. The summed E-state index contributed by atoms with van der Waals surface area (Å²) in [4.78, 5) is 48.9. The maximum atomic E-state index is 12.4. The first kappa shape index (κ1) is 16.7. The molecule has 0 saturated heterocycles. The molecule has 2 aromatic heterocycles. The number of aromatic nitrogens is 3. The van der Waals surface area contributed by atoms with Crippen LogP contribution >= 0.6 is 0 Å². The standard InChI is InChI=1S/C14H18N4O5/c1-16-9(19)7-8(11(20)15-5-6-23-4)10-12(16)17(2)14(22)18(3)13(10)21/h7H,5-6H2,1-4H3,(H,15,20). The molecule has 0 spiro atoms. The van der Waals surface area contributed by atoms with Gasteiger partial charge in [0.1, 0.15) is 5.65 Å². The fourth-order valence-corrected chi connectivity index (χ4v) is 2.40. The minimum Gasteiger partial charge on any atom is -0.383 e. The number of hydrogen-bond donors (Lipinski definition) is 1. The molecule has 0 bridgehead atoms. The molecule has 1 N–H and O–H groups in total. The number of aryl methyl sites for hydroxylation is 2. The average molecular weight is 322 g/mol. The van der Waals surface area contributed by atoms with Crippen LogP contribution in [0.1, 0.15) is 10.4 Å². The Kier molecular flexibility index (Phi) is 4.50. The molecule has 124 valence electrons. The number of nitrogens with one attached hydrogen (secondary N) is 1. The quantitative estimate of drug-likeness (QED) is 0.677. The van der Waals surface area contributed by atoms with Gasteiger partial charge in [0.05, 0.1) is 17.6 Å². The zero-order valence-corrected chi connectivity index (χ0v) is 13.4. The van der Waals surface area contributed by atoms with Gasteiger partial charge in [0.15, 0.2) is 0 Å². The van der Waals surface area contributed by atoms with Crippen molar-refractivity contribution in [1.29, 1.82) is 0 Å². The summed E-state index contributed by atoms with van der Waals surface area (Å²) in [6.07, 6.45) is 0. The topological polar surface area (TPSA) is 104 Å². The van der Waals surface area contributed by atoms with Gasteiger partial charge in [0.25, 0.3) is 17.0 Å². The summed E-state index contributed by atoms with van der Waals surface area (Å²) in [5.41, 5.74) is -1.65. The van der Waals surface area contributed by atoms with Crippen molar-refractivity contribution in [3.63, 3.8) is 0 Å². The summed E-state index contributed by atoms with van der Waals surface area (Å²) in [7, 11) is 5.69. The number of methoxy groups -OCH3 is 1. The van der Waals surface area contributed by atoms with Crippen LogP contribution in [0.5, 0.6) is 0 Å². The van der Waals surface area contributed by atoms with Gasteiger partial charge in [-0.15, -0.1) is 0 Å². The molecule has 0 unspecified atom stereocenters. The van der Waals surface area contributed by atoms with Gasteiger partial charge >= 0.3 is 5.69 Å². The predicted octanol–water partition coefficient (Wildman–Crippen LogP) is -1.69. The van der Waals surface area contributed by atoms with E-state index in [1.54, 1.807) is 0 Å². The molecule has 2 heterocycles. The molecular formula is C14H18N4O5. The van der Waals surface area contributed by atoms with Crippen molar-refractivity contribution in [3.8, 4) is 0 Å². The van der Waals surface area contributed by atoms with Crippen LogP contribution in [-0.2, 0) is 25.9 Å². The van der Waals surface area contributed by atoms with Gasteiger partial charge in [-0.25, -0.2) is 4.79 Å². The van der Waals surface area contributed by atoms with E-state index in [4.69, 9.17) is 4.74 Å². The first-order valence-corrected chi connectivity index (χ1v) is 6.88. The summed E-state index contributed by atoms with van der Waals surface area (Å²) >= 11 is 0. The van der Waals surface area contributed by atoms with Gasteiger partial charge < -0.3 is 10.1 Å². The van der Waals surface area contributed by atoms with E-state index in [0.29, 0.717) is 6.61 Å². The highest BCUT2D eigenvalue weighted by molar-refractivity contribution is 6.05. The van der Waals surface area contributed by atoms with E-state index in [2.05, 4.69) is 5.32 Å². The Morgan fingerprint density at radius 3 is 2.39 bits per heavy atom. The Labute approximate surface area is 130 Å². The van der Waals surface area contributed by atoms with Crippen LogP contribution in [0.2, 0.25) is 0 Å². The molecule has 2 rings (SSSR count). The van der Waals surface area contributed by atoms with Crippen LogP contribution in [0.4, 0.5) is 0 Å². The zero-order valence-electron chi connectivity index (χ0n) is 13.4. The van der Waals surface area contributed by atoms with Gasteiger partial charge in [-0.1, -0.05) is 0 Å². The molecule has 0 atom stereocenters. The van der Waals surface area contributed by atoms with Crippen molar-refractivity contribution in [1.82, 2.24) is 19.0 Å². The first-order chi connectivity index (χ1) is 10.8. The second-order valence-corrected chi connectivity index (χ2v) is 5.11. The number of carbonyl (C=O) groups is 1. The van der Waals surface area contributed by atoms with Crippen LogP contribution in [0.25, 0.3) is 11.0 Å². The van der Waals surface area contributed by atoms with Crippen LogP contribution in [0.15, 0.2) is 20.4 Å². The van der Waals surface area contributed by atoms with E-state index in [-0.39, 0.29) is 23.1 Å². The minimum atomic E-state index is -0.629. The molecule has 1 amide bonds. The Hall–Kier alpha value is -2.68. The van der Waals surface area contributed by atoms with E-state index in [1.807, 2.05) is 0 Å². The average Bonchev–Trinajstić information content (AvgIpc) is 2.53. The van der Waals surface area contributed by atoms with Crippen molar-refractivity contribution < 1.29 is 9.53 Å². The van der Waals surface area contributed by atoms with Crippen LogP contribution in [-0.4, -0.2) is 39.9 Å². The second-order valence-electron chi connectivity index (χ2n) is 5.11. The number of pyridine rings is 1. The van der Waals surface area contributed by atoms with E-state index >= 15 is 0 Å². The van der Waals surface area contributed by atoms with Crippen molar-refractivity contribution in [2.24, 2.45) is 21.1 Å². The molecule has 0 aromatic carbocycles. The highest BCUT2D eigenvalue weighted by atomic mass is 16.5. The molecule has 0 fully saturated rings. The molecule has 0 aliphatic heterocycles. The molecule has 2 aromatic rings. The third-order valence-electron chi connectivity index (χ3n) is 3.66. The molecule has 9 nitrogen and oxygen atoms in total. The third-order valence-corrected chi connectivity index (χ3v) is 3.66. The summed E-state index contributed by atoms with van der Waals surface area (Å²) in [6.45, 7) is 0.531. The normalized spacial score (nSPS) is 11.0. The van der Waals surface area contributed by atoms with Crippen molar-refractivity contribution in [2.45, 2.75) is 0 Å². The zero-order chi connectivity index (χ0) is 17.3. The number of ether oxygens (including phenoxy) is 1. The summed E-state index contributed by atoms with van der Waals surface area (Å²) in [6, 6.07) is 1.09. The lowest BCUT2D eigenvalue weighted by molar-refractivity contribution is 0.0938. The first-order valence-electron chi connectivity index (χ1n) is 6.88.